The molecule has 1 amide bonds. The van der Waals surface area contributed by atoms with E-state index >= 15 is 4.79 Å². The van der Waals surface area contributed by atoms with Crippen LogP contribution >= 0.6 is 0 Å². The number of methoxy groups -OCH3 is 2. The fraction of sp³-hybridized carbons (Fsp3) is 0.617. The molecule has 2 aromatic carbocycles. The molecule has 9 rings (SSSR count). The van der Waals surface area contributed by atoms with Crippen LogP contribution in [-0.2, 0) is 31.6 Å². The zero-order valence-corrected chi connectivity index (χ0v) is 37.8. The SMILES string of the molecule is CC[C@]1(O)C[C@H]2CN(CCc3c([nH]c4ccccc34)[C@@](C(=O)OC)(c3cc4c(cc3OC)N(C)[C@H]3[C@@](O)(C(=O)NCCC[SiH](C)O)[C@H](O)[C@]5(CC)C=CCN6CC[C@]43[C@@H]65)C2)C1. The summed E-state index contributed by atoms with van der Waals surface area (Å²) in [5.41, 5.74) is -1.38. The number of carbonyl (C=O) groups excluding carboxylic acids is 2. The van der Waals surface area contributed by atoms with E-state index in [1.54, 1.807) is 7.11 Å². The van der Waals surface area contributed by atoms with E-state index in [0.717, 1.165) is 40.0 Å². The van der Waals surface area contributed by atoms with Crippen molar-refractivity contribution in [2.24, 2.45) is 11.3 Å². The zero-order chi connectivity index (χ0) is 43.3. The van der Waals surface area contributed by atoms with Gasteiger partial charge >= 0.3 is 5.97 Å². The number of aromatic amines is 1. The number of rotatable bonds is 10. The quantitative estimate of drug-likeness (QED) is 0.0767. The summed E-state index contributed by atoms with van der Waals surface area (Å²) >= 11 is 0. The molecule has 6 heterocycles. The summed E-state index contributed by atoms with van der Waals surface area (Å²) in [7, 11) is 3.10. The van der Waals surface area contributed by atoms with E-state index in [2.05, 4.69) is 44.4 Å². The fourth-order valence-corrected chi connectivity index (χ4v) is 14.6. The molecule has 2 saturated heterocycles. The number of aliphatic hydroxyl groups excluding tert-OH is 1. The Hall–Kier alpha value is -3.76. The molecule has 3 fully saturated rings. The second kappa shape index (κ2) is 15.2. The lowest BCUT2D eigenvalue weighted by atomic mass is 9.47. The number of aliphatic hydroxyl groups is 3. The summed E-state index contributed by atoms with van der Waals surface area (Å²) in [6.07, 6.45) is 6.45. The van der Waals surface area contributed by atoms with E-state index in [0.29, 0.717) is 88.5 Å². The number of hydrogen-bond donors (Lipinski definition) is 6. The van der Waals surface area contributed by atoms with Crippen LogP contribution in [0.2, 0.25) is 12.6 Å². The van der Waals surface area contributed by atoms with Gasteiger partial charge in [0.15, 0.2) is 14.6 Å². The highest BCUT2D eigenvalue weighted by Gasteiger charge is 2.78. The van der Waals surface area contributed by atoms with Crippen LogP contribution in [0.15, 0.2) is 48.6 Å². The number of ether oxygens (including phenoxy) is 2. The number of anilines is 1. The number of para-hydroxylation sites is 1. The molecule has 2 bridgehead atoms. The molecule has 0 radical (unpaired) electrons. The lowest BCUT2D eigenvalue weighted by Crippen LogP contribution is -2.81. The summed E-state index contributed by atoms with van der Waals surface area (Å²) in [6, 6.07) is 11.7. The Morgan fingerprint density at radius 1 is 1.05 bits per heavy atom. The van der Waals surface area contributed by atoms with E-state index < -0.39 is 60.5 Å². The average Bonchev–Trinajstić information content (AvgIpc) is 3.92. The first-order valence-corrected chi connectivity index (χ1v) is 25.0. The summed E-state index contributed by atoms with van der Waals surface area (Å²) in [4.78, 5) is 50.7. The van der Waals surface area contributed by atoms with Gasteiger partial charge in [-0.3, -0.25) is 19.4 Å². The van der Waals surface area contributed by atoms with Gasteiger partial charge < -0.3 is 44.8 Å². The van der Waals surface area contributed by atoms with Gasteiger partial charge in [0.1, 0.15) is 17.3 Å². The predicted molar refractivity (Wildman–Crippen MR) is 237 cm³/mol. The van der Waals surface area contributed by atoms with E-state index in [1.807, 2.05) is 56.6 Å². The van der Waals surface area contributed by atoms with Crippen LogP contribution in [0.25, 0.3) is 10.9 Å². The molecule has 1 spiro atoms. The normalized spacial score (nSPS) is 36.8. The Morgan fingerprint density at radius 3 is 2.56 bits per heavy atom. The minimum Gasteiger partial charge on any atom is -0.496 e. The van der Waals surface area contributed by atoms with Gasteiger partial charge in [0, 0.05) is 90.6 Å². The molecule has 6 N–H and O–H groups in total. The van der Waals surface area contributed by atoms with Crippen molar-refractivity contribution in [3.63, 3.8) is 0 Å². The van der Waals surface area contributed by atoms with Gasteiger partial charge in [-0.25, -0.2) is 0 Å². The molecule has 6 aliphatic rings. The van der Waals surface area contributed by atoms with Crippen molar-refractivity contribution in [2.45, 2.75) is 112 Å². The highest BCUT2D eigenvalue weighted by Crippen LogP contribution is 2.67. The Labute approximate surface area is 360 Å². The Bertz CT molecular complexity index is 2250. The smallest absolute Gasteiger partial charge is 0.322 e. The highest BCUT2D eigenvalue weighted by atomic mass is 28.3. The summed E-state index contributed by atoms with van der Waals surface area (Å²) in [6.45, 7) is 9.53. The van der Waals surface area contributed by atoms with Crippen LogP contribution in [0, 0.1) is 11.3 Å². The van der Waals surface area contributed by atoms with Crippen molar-refractivity contribution < 1.29 is 39.2 Å². The third kappa shape index (κ3) is 5.91. The first-order valence-electron chi connectivity index (χ1n) is 22.6. The minimum atomic E-state index is -2.24. The Balaban J connectivity index is 1.31. The topological polar surface area (TPSA) is 171 Å². The molecule has 13 nitrogen and oxygen atoms in total. The lowest BCUT2D eigenvalue weighted by molar-refractivity contribution is -0.203. The lowest BCUT2D eigenvalue weighted by Gasteiger charge is -2.63. The van der Waals surface area contributed by atoms with Crippen LogP contribution < -0.4 is 15.0 Å². The summed E-state index contributed by atoms with van der Waals surface area (Å²) in [5, 5.41) is 42.1. The van der Waals surface area contributed by atoms with Crippen molar-refractivity contribution in [1.29, 1.82) is 0 Å². The van der Waals surface area contributed by atoms with Crippen molar-refractivity contribution in [1.82, 2.24) is 20.1 Å². The molecule has 1 saturated carbocycles. The fourth-order valence-electron chi connectivity index (χ4n) is 13.8. The zero-order valence-electron chi connectivity index (χ0n) is 36.7. The molecule has 61 heavy (non-hydrogen) atoms. The molecule has 2 unspecified atom stereocenters. The molecule has 5 aliphatic heterocycles. The number of aromatic nitrogens is 1. The molecule has 3 aromatic rings. The first-order chi connectivity index (χ1) is 29.2. The Kier molecular flexibility index (Phi) is 10.6. The molecular weight excluding hydrogens is 791 g/mol. The average molecular weight is 856 g/mol. The number of likely N-dealkylation sites (N-methyl/N-ethyl adjacent to an activating group) is 1. The number of amides is 1. The van der Waals surface area contributed by atoms with E-state index in [-0.39, 0.29) is 18.5 Å². The molecule has 330 valence electrons. The number of esters is 1. The van der Waals surface area contributed by atoms with Crippen LogP contribution in [0.1, 0.15) is 74.8 Å². The van der Waals surface area contributed by atoms with Gasteiger partial charge in [0.25, 0.3) is 5.91 Å². The molecule has 11 atom stereocenters. The van der Waals surface area contributed by atoms with Gasteiger partial charge in [0.05, 0.1) is 25.9 Å². The van der Waals surface area contributed by atoms with E-state index in [4.69, 9.17) is 9.47 Å². The van der Waals surface area contributed by atoms with Crippen LogP contribution in [0.4, 0.5) is 5.69 Å². The molecular formula is C47H65N5O8Si. The number of carbonyl (C=O) groups is 2. The van der Waals surface area contributed by atoms with Crippen molar-refractivity contribution in [3.8, 4) is 5.75 Å². The number of nitrogens with one attached hydrogen (secondary N) is 2. The highest BCUT2D eigenvalue weighted by molar-refractivity contribution is 6.48. The summed E-state index contributed by atoms with van der Waals surface area (Å²) < 4.78 is 12.4. The van der Waals surface area contributed by atoms with Gasteiger partial charge in [0.2, 0.25) is 0 Å². The van der Waals surface area contributed by atoms with Gasteiger partial charge in [-0.15, -0.1) is 0 Å². The number of hydrogen-bond acceptors (Lipinski definition) is 11. The molecule has 1 aliphatic carbocycles. The third-order valence-corrected chi connectivity index (χ3v) is 17.5. The molecule has 14 heteroatoms. The maximum atomic E-state index is 15.4. The van der Waals surface area contributed by atoms with Crippen molar-refractivity contribution >= 4 is 37.5 Å². The van der Waals surface area contributed by atoms with Gasteiger partial charge in [-0.05, 0) is 93.3 Å². The van der Waals surface area contributed by atoms with E-state index in [9.17, 15) is 24.9 Å². The number of H-pyrrole nitrogens is 1. The van der Waals surface area contributed by atoms with Crippen LogP contribution in [0.5, 0.6) is 5.75 Å². The summed E-state index contributed by atoms with van der Waals surface area (Å²) in [5.74, 6) is -0.661. The predicted octanol–water partition coefficient (Wildman–Crippen LogP) is 3.10. The number of piperidine rings is 1. The standard InChI is InChI=1S/C47H65N5O8Si/c1-7-43(56)25-29-26-46(42(55)60-5,37-31(15-20-51(27-29)28-43)30-13-9-10-14-34(30)49-37)33-23-32-35(24-36(33)59-4)50(3)39-45(32)17-21-52-19-11-16-44(8-2,38(45)52)40(53)47(39,57)41(54)48-18-12-22-61(6)58/h9-11,13-14,16,23-24,29,38-40,49,53,56-58,61H,7-8,12,15,17-22,25-28H2,1-6H3,(H,48,54)/t29-,38+,39-,40-,43+,44-,45-,46+,47+,61?/m1/s1. The van der Waals surface area contributed by atoms with Gasteiger partial charge in [-0.2, -0.15) is 0 Å². The molecule has 1 aromatic heterocycles. The first kappa shape index (κ1) is 42.5. The van der Waals surface area contributed by atoms with Crippen molar-refractivity contribution in [3.05, 3.63) is 70.9 Å². The monoisotopic (exact) mass is 855 g/mol. The Morgan fingerprint density at radius 2 is 1.84 bits per heavy atom. The van der Waals surface area contributed by atoms with Gasteiger partial charge in [-0.1, -0.05) is 44.2 Å². The second-order valence-corrected chi connectivity index (χ2v) is 21.6. The second-order valence-electron chi connectivity index (χ2n) is 19.4. The van der Waals surface area contributed by atoms with E-state index in [1.165, 1.54) is 7.11 Å². The third-order valence-electron chi connectivity index (χ3n) is 16.3. The number of fused-ring (bicyclic) bond motifs is 6. The number of benzene rings is 2. The van der Waals surface area contributed by atoms with Crippen LogP contribution in [0.3, 0.4) is 0 Å². The number of nitrogens with zero attached hydrogens (tertiary/aromatic N) is 3. The largest absolute Gasteiger partial charge is 0.496 e. The minimum absolute atomic E-state index is 0.0880. The van der Waals surface area contributed by atoms with Crippen molar-refractivity contribution in [2.75, 3.05) is 65.4 Å². The van der Waals surface area contributed by atoms with Crippen LogP contribution in [-0.4, -0.2) is 146 Å². The maximum Gasteiger partial charge on any atom is 0.322 e. The maximum absolute atomic E-state index is 15.4.